The number of nitrogens with zero attached hydrogens (tertiary/aromatic N) is 5. The number of imidazole rings is 1. The van der Waals surface area contributed by atoms with Crippen LogP contribution in [0.1, 0.15) is 31.1 Å². The van der Waals surface area contributed by atoms with E-state index >= 15 is 0 Å². The van der Waals surface area contributed by atoms with E-state index in [1.807, 2.05) is 37.4 Å². The highest BCUT2D eigenvalue weighted by Gasteiger charge is 2.22. The van der Waals surface area contributed by atoms with Crippen molar-refractivity contribution in [1.82, 2.24) is 19.1 Å². The lowest BCUT2D eigenvalue weighted by Gasteiger charge is -2.10. The van der Waals surface area contributed by atoms with Crippen LogP contribution in [0.25, 0.3) is 44.5 Å². The van der Waals surface area contributed by atoms with Gasteiger partial charge >= 0.3 is 0 Å². The van der Waals surface area contributed by atoms with Crippen molar-refractivity contribution in [2.45, 2.75) is 33.7 Å². The molecule has 0 aliphatic rings. The van der Waals surface area contributed by atoms with Gasteiger partial charge in [-0.25, -0.2) is 14.5 Å². The second-order valence-electron chi connectivity index (χ2n) is 10.6. The van der Waals surface area contributed by atoms with E-state index in [2.05, 4.69) is 113 Å². The fraction of sp³-hybridized carbons (Fsp3) is 0.147. The summed E-state index contributed by atoms with van der Waals surface area (Å²) in [6, 6.07) is 31.6. The molecule has 7 aromatic rings. The Morgan fingerprint density at radius 3 is 2.42 bits per heavy atom. The zero-order valence-electron chi connectivity index (χ0n) is 23.0. The monoisotopic (exact) mass is 524 g/mol. The van der Waals surface area contributed by atoms with Crippen LogP contribution in [0.2, 0.25) is 0 Å². The average molecular weight is 525 g/mol. The van der Waals surface area contributed by atoms with Gasteiger partial charge in [-0.05, 0) is 87.9 Å². The van der Waals surface area contributed by atoms with Crippen LogP contribution >= 0.6 is 0 Å². The Morgan fingerprint density at radius 2 is 1.60 bits per heavy atom. The first kappa shape index (κ1) is 24.1. The molecule has 0 bridgehead atoms. The summed E-state index contributed by atoms with van der Waals surface area (Å²) in [5.41, 5.74) is 7.33. The summed E-state index contributed by atoms with van der Waals surface area (Å²) in [5, 5.41) is 2.35. The molecule has 0 aliphatic carbocycles. The number of para-hydroxylation sites is 1. The quantitative estimate of drug-likeness (QED) is 0.216. The predicted octanol–water partition coefficient (Wildman–Crippen LogP) is 7.80. The highest BCUT2D eigenvalue weighted by atomic mass is 16.5. The van der Waals surface area contributed by atoms with Gasteiger partial charge < -0.3 is 4.74 Å². The van der Waals surface area contributed by atoms with Crippen LogP contribution in [-0.4, -0.2) is 19.1 Å². The third-order valence-corrected chi connectivity index (χ3v) is 7.37. The van der Waals surface area contributed by atoms with Gasteiger partial charge in [0, 0.05) is 34.8 Å². The van der Waals surface area contributed by atoms with E-state index in [9.17, 15) is 0 Å². The van der Waals surface area contributed by atoms with Gasteiger partial charge in [-0.3, -0.25) is 4.57 Å². The lowest BCUT2D eigenvalue weighted by Crippen LogP contribution is -2.34. The van der Waals surface area contributed by atoms with Gasteiger partial charge in [0.1, 0.15) is 23.0 Å². The molecule has 0 N–H and O–H groups in total. The molecule has 6 nitrogen and oxygen atoms in total. The van der Waals surface area contributed by atoms with Crippen LogP contribution in [0.5, 0.6) is 11.5 Å². The fourth-order valence-corrected chi connectivity index (χ4v) is 5.57. The molecule has 0 saturated carbocycles. The van der Waals surface area contributed by atoms with E-state index in [-0.39, 0.29) is 0 Å². The molecule has 0 amide bonds. The molecule has 0 atom stereocenters. The van der Waals surface area contributed by atoms with Crippen LogP contribution in [0, 0.1) is 13.8 Å². The number of aromatic nitrogens is 5. The molecule has 4 aromatic heterocycles. The molecule has 3 aromatic carbocycles. The van der Waals surface area contributed by atoms with Gasteiger partial charge in [0.2, 0.25) is 0 Å². The van der Waals surface area contributed by atoms with E-state index in [1.165, 1.54) is 5.39 Å². The van der Waals surface area contributed by atoms with Crippen molar-refractivity contribution in [1.29, 1.82) is 0 Å². The number of hydrogen-bond donors (Lipinski definition) is 0. The summed E-state index contributed by atoms with van der Waals surface area (Å²) in [5.74, 6) is 2.43. The molecule has 0 saturated heterocycles. The minimum absolute atomic E-state index is 0.311. The minimum atomic E-state index is 0.311. The van der Waals surface area contributed by atoms with Gasteiger partial charge in [0.15, 0.2) is 5.52 Å². The van der Waals surface area contributed by atoms with Crippen molar-refractivity contribution in [2.75, 3.05) is 0 Å². The van der Waals surface area contributed by atoms with E-state index in [1.54, 1.807) is 0 Å². The van der Waals surface area contributed by atoms with Crippen molar-refractivity contribution in [3.05, 3.63) is 115 Å². The van der Waals surface area contributed by atoms with Gasteiger partial charge in [0.05, 0.1) is 17.1 Å². The molecule has 7 rings (SSSR count). The number of rotatable bonds is 5. The van der Waals surface area contributed by atoms with Gasteiger partial charge in [0.25, 0.3) is 12.0 Å². The summed E-state index contributed by atoms with van der Waals surface area (Å²) in [4.78, 5) is 9.53. The molecular weight excluding hydrogens is 494 g/mol. The minimum Gasteiger partial charge on any atom is -0.457 e. The SMILES string of the molecule is Cc1cc(Oc2ccc3c4ccccc4n(-c4ccccn4)c3c2)cc(-n2c[n+](C(C)C)c3ccc(C)nc32)c1. The number of benzene rings is 3. The predicted molar refractivity (Wildman–Crippen MR) is 160 cm³/mol. The molecule has 0 spiro atoms. The molecule has 6 heteroatoms. The Balaban J connectivity index is 1.34. The Morgan fingerprint density at radius 1 is 0.775 bits per heavy atom. The third kappa shape index (κ3) is 4.00. The first-order valence-electron chi connectivity index (χ1n) is 13.6. The lowest BCUT2D eigenvalue weighted by molar-refractivity contribution is -0.691. The van der Waals surface area contributed by atoms with Crippen LogP contribution in [0.15, 0.2) is 104 Å². The number of aryl methyl sites for hydroxylation is 2. The first-order valence-corrected chi connectivity index (χ1v) is 13.6. The molecule has 0 unspecified atom stereocenters. The van der Waals surface area contributed by atoms with Gasteiger partial charge in [-0.2, -0.15) is 4.57 Å². The maximum atomic E-state index is 6.53. The number of ether oxygens (including phenoxy) is 1. The highest BCUT2D eigenvalue weighted by Crippen LogP contribution is 2.35. The van der Waals surface area contributed by atoms with Crippen LogP contribution in [0.3, 0.4) is 0 Å². The second-order valence-corrected chi connectivity index (χ2v) is 10.6. The van der Waals surface area contributed by atoms with Crippen LogP contribution < -0.4 is 9.30 Å². The maximum absolute atomic E-state index is 6.53. The van der Waals surface area contributed by atoms with Crippen molar-refractivity contribution in [3.8, 4) is 23.0 Å². The van der Waals surface area contributed by atoms with E-state index < -0.39 is 0 Å². The summed E-state index contributed by atoms with van der Waals surface area (Å²) >= 11 is 0. The number of pyridine rings is 2. The highest BCUT2D eigenvalue weighted by molar-refractivity contribution is 6.09. The van der Waals surface area contributed by atoms with Crippen LogP contribution in [-0.2, 0) is 0 Å². The van der Waals surface area contributed by atoms with Crippen molar-refractivity contribution >= 4 is 33.0 Å². The topological polar surface area (TPSA) is 48.8 Å². The average Bonchev–Trinajstić information content (AvgIpc) is 3.49. The van der Waals surface area contributed by atoms with Crippen molar-refractivity contribution < 1.29 is 9.30 Å². The fourth-order valence-electron chi connectivity index (χ4n) is 5.57. The lowest BCUT2D eigenvalue weighted by atomic mass is 10.1. The first-order chi connectivity index (χ1) is 19.5. The summed E-state index contributed by atoms with van der Waals surface area (Å²) in [7, 11) is 0. The smallest absolute Gasteiger partial charge is 0.273 e. The molecule has 0 radical (unpaired) electrons. The zero-order valence-corrected chi connectivity index (χ0v) is 23.0. The standard InChI is InChI=1S/C34H30N5O/c1-22(2)37-21-38(34-31(37)15-12-24(4)36-34)25-17-23(3)18-27(19-25)40-26-13-14-29-28-9-5-6-10-30(28)39(32(29)20-26)33-11-7-8-16-35-33/h5-22H,1-4H3/q+1. The normalized spacial score (nSPS) is 11.7. The Kier molecular flexibility index (Phi) is 5.63. The zero-order chi connectivity index (χ0) is 27.4. The van der Waals surface area contributed by atoms with Crippen LogP contribution in [0.4, 0.5) is 0 Å². The van der Waals surface area contributed by atoms with Gasteiger partial charge in [-0.1, -0.05) is 24.3 Å². The number of fused-ring (bicyclic) bond motifs is 4. The van der Waals surface area contributed by atoms with E-state index in [0.717, 1.165) is 61.8 Å². The Bertz CT molecular complexity index is 2040. The van der Waals surface area contributed by atoms with Crippen molar-refractivity contribution in [3.63, 3.8) is 0 Å². The molecule has 0 fully saturated rings. The number of hydrogen-bond acceptors (Lipinski definition) is 3. The maximum Gasteiger partial charge on any atom is 0.273 e. The molecular formula is C34H30N5O+. The molecule has 196 valence electrons. The summed E-state index contributed by atoms with van der Waals surface area (Å²) < 4.78 is 13.1. The van der Waals surface area contributed by atoms with Gasteiger partial charge in [-0.15, -0.1) is 0 Å². The van der Waals surface area contributed by atoms with E-state index in [0.29, 0.717) is 6.04 Å². The van der Waals surface area contributed by atoms with Crippen molar-refractivity contribution in [2.24, 2.45) is 0 Å². The Hall–Kier alpha value is -4.97. The second kappa shape index (κ2) is 9.35. The molecule has 4 heterocycles. The summed E-state index contributed by atoms with van der Waals surface area (Å²) in [6.45, 7) is 8.50. The largest absolute Gasteiger partial charge is 0.457 e. The molecule has 40 heavy (non-hydrogen) atoms. The summed E-state index contributed by atoms with van der Waals surface area (Å²) in [6.07, 6.45) is 3.96. The molecule has 0 aliphatic heterocycles. The third-order valence-electron chi connectivity index (χ3n) is 7.37. The van der Waals surface area contributed by atoms with E-state index in [4.69, 9.17) is 9.72 Å². The Labute approximate surface area is 232 Å².